The Morgan fingerprint density at radius 2 is 2.00 bits per heavy atom. The summed E-state index contributed by atoms with van der Waals surface area (Å²) >= 11 is 7.43. The average molecular weight is 408 g/mol. The SMILES string of the molecule is CC(C)CCn1c(SCC(=O)N2CCCCC2)nc2cc(Cl)ccc2c1=O. The van der Waals surface area contributed by atoms with Gasteiger partial charge >= 0.3 is 0 Å². The maximum Gasteiger partial charge on any atom is 0.262 e. The maximum absolute atomic E-state index is 13.0. The van der Waals surface area contributed by atoms with Gasteiger partial charge in [0.05, 0.1) is 16.7 Å². The summed E-state index contributed by atoms with van der Waals surface area (Å²) in [5, 5.41) is 1.71. The Morgan fingerprint density at radius 3 is 2.70 bits per heavy atom. The number of amides is 1. The van der Waals surface area contributed by atoms with Crippen LogP contribution in [0.1, 0.15) is 39.5 Å². The number of rotatable bonds is 6. The number of nitrogens with zero attached hydrogens (tertiary/aromatic N) is 3. The number of hydrogen-bond donors (Lipinski definition) is 0. The molecule has 2 aromatic rings. The second-order valence-corrected chi connectivity index (χ2v) is 8.80. The van der Waals surface area contributed by atoms with Gasteiger partial charge in [0.2, 0.25) is 5.91 Å². The van der Waals surface area contributed by atoms with Crippen LogP contribution in [0.5, 0.6) is 0 Å². The zero-order chi connectivity index (χ0) is 19.4. The molecule has 2 heterocycles. The standard InChI is InChI=1S/C20H26ClN3O2S/c1-14(2)8-11-24-19(26)16-7-6-15(21)12-17(16)22-20(24)27-13-18(25)23-9-4-3-5-10-23/h6-7,12,14H,3-5,8-11,13H2,1-2H3. The molecule has 1 amide bonds. The van der Waals surface area contributed by atoms with E-state index in [1.54, 1.807) is 22.8 Å². The van der Waals surface area contributed by atoms with E-state index in [0.29, 0.717) is 39.3 Å². The van der Waals surface area contributed by atoms with Crippen molar-refractivity contribution in [3.8, 4) is 0 Å². The predicted octanol–water partition coefficient (Wildman–Crippen LogP) is 4.20. The lowest BCUT2D eigenvalue weighted by molar-refractivity contribution is -0.129. The van der Waals surface area contributed by atoms with Crippen LogP contribution in [-0.4, -0.2) is 39.2 Å². The summed E-state index contributed by atoms with van der Waals surface area (Å²) in [6.07, 6.45) is 4.22. The lowest BCUT2D eigenvalue weighted by Crippen LogP contribution is -2.37. The summed E-state index contributed by atoms with van der Waals surface area (Å²) < 4.78 is 1.71. The molecule has 1 saturated heterocycles. The van der Waals surface area contributed by atoms with Crippen LogP contribution < -0.4 is 5.56 Å². The van der Waals surface area contributed by atoms with E-state index in [1.165, 1.54) is 18.2 Å². The van der Waals surface area contributed by atoms with Gasteiger partial charge in [0.1, 0.15) is 0 Å². The molecule has 146 valence electrons. The summed E-state index contributed by atoms with van der Waals surface area (Å²) in [6, 6.07) is 5.15. The van der Waals surface area contributed by atoms with Crippen molar-refractivity contribution >= 4 is 40.2 Å². The Kier molecular flexibility index (Phi) is 6.82. The molecule has 27 heavy (non-hydrogen) atoms. The normalized spacial score (nSPS) is 14.9. The molecule has 3 rings (SSSR count). The fraction of sp³-hybridized carbons (Fsp3) is 0.550. The molecule has 5 nitrogen and oxygen atoms in total. The number of carbonyl (C=O) groups excluding carboxylic acids is 1. The molecule has 0 radical (unpaired) electrons. The Hall–Kier alpha value is -1.53. The zero-order valence-corrected chi connectivity index (χ0v) is 17.5. The van der Waals surface area contributed by atoms with Gasteiger partial charge < -0.3 is 4.90 Å². The Balaban J connectivity index is 1.87. The van der Waals surface area contributed by atoms with Crippen molar-refractivity contribution in [1.82, 2.24) is 14.5 Å². The maximum atomic E-state index is 13.0. The van der Waals surface area contributed by atoms with Crippen molar-refractivity contribution in [2.45, 2.75) is 51.2 Å². The van der Waals surface area contributed by atoms with Crippen LogP contribution >= 0.6 is 23.4 Å². The molecule has 0 spiro atoms. The summed E-state index contributed by atoms with van der Waals surface area (Å²) in [5.41, 5.74) is 0.520. The number of fused-ring (bicyclic) bond motifs is 1. The molecule has 0 aliphatic carbocycles. The van der Waals surface area contributed by atoms with Crippen molar-refractivity contribution < 1.29 is 4.79 Å². The predicted molar refractivity (Wildman–Crippen MR) is 112 cm³/mol. The van der Waals surface area contributed by atoms with Crippen molar-refractivity contribution in [2.24, 2.45) is 5.92 Å². The van der Waals surface area contributed by atoms with E-state index >= 15 is 0 Å². The minimum Gasteiger partial charge on any atom is -0.342 e. The molecule has 0 bridgehead atoms. The Labute approximate surface area is 169 Å². The van der Waals surface area contributed by atoms with Crippen molar-refractivity contribution in [2.75, 3.05) is 18.8 Å². The van der Waals surface area contributed by atoms with Gasteiger partial charge in [-0.3, -0.25) is 14.2 Å². The van der Waals surface area contributed by atoms with Crippen molar-refractivity contribution in [3.63, 3.8) is 0 Å². The molecule has 1 aromatic heterocycles. The number of hydrogen-bond acceptors (Lipinski definition) is 4. The van der Waals surface area contributed by atoms with Crippen LogP contribution in [0.2, 0.25) is 5.02 Å². The monoisotopic (exact) mass is 407 g/mol. The number of piperidine rings is 1. The minimum absolute atomic E-state index is 0.0646. The second-order valence-electron chi connectivity index (χ2n) is 7.43. The first-order chi connectivity index (χ1) is 13.0. The molecule has 1 aromatic carbocycles. The Morgan fingerprint density at radius 1 is 1.26 bits per heavy atom. The number of aromatic nitrogens is 2. The van der Waals surface area contributed by atoms with E-state index in [4.69, 9.17) is 11.6 Å². The molecule has 0 atom stereocenters. The highest BCUT2D eigenvalue weighted by Crippen LogP contribution is 2.22. The number of carbonyl (C=O) groups is 1. The molecular weight excluding hydrogens is 382 g/mol. The van der Waals surface area contributed by atoms with Gasteiger partial charge in [0.25, 0.3) is 5.56 Å². The van der Waals surface area contributed by atoms with Gasteiger partial charge in [-0.1, -0.05) is 37.2 Å². The molecule has 0 saturated carbocycles. The molecule has 0 unspecified atom stereocenters. The Bertz CT molecular complexity index is 875. The first kappa shape index (κ1) is 20.2. The van der Waals surface area contributed by atoms with Crippen LogP contribution in [0.15, 0.2) is 28.2 Å². The van der Waals surface area contributed by atoms with Gasteiger partial charge in [-0.05, 0) is 49.8 Å². The number of likely N-dealkylation sites (tertiary alicyclic amines) is 1. The zero-order valence-electron chi connectivity index (χ0n) is 15.9. The lowest BCUT2D eigenvalue weighted by Gasteiger charge is -2.26. The van der Waals surface area contributed by atoms with E-state index in [9.17, 15) is 9.59 Å². The van der Waals surface area contributed by atoms with Crippen LogP contribution in [0, 0.1) is 5.92 Å². The van der Waals surface area contributed by atoms with Gasteiger partial charge in [-0.2, -0.15) is 0 Å². The molecule has 1 fully saturated rings. The lowest BCUT2D eigenvalue weighted by atomic mass is 10.1. The minimum atomic E-state index is -0.0646. The van der Waals surface area contributed by atoms with E-state index in [1.807, 2.05) is 4.90 Å². The number of thioether (sulfide) groups is 1. The first-order valence-electron chi connectivity index (χ1n) is 9.56. The van der Waals surface area contributed by atoms with Gasteiger partial charge in [0, 0.05) is 24.7 Å². The summed E-state index contributed by atoms with van der Waals surface area (Å²) in [7, 11) is 0. The number of halogens is 1. The third kappa shape index (κ3) is 5.05. The largest absolute Gasteiger partial charge is 0.342 e. The quantitative estimate of drug-likeness (QED) is 0.532. The third-order valence-corrected chi connectivity index (χ3v) is 6.04. The van der Waals surface area contributed by atoms with Gasteiger partial charge in [-0.25, -0.2) is 4.98 Å². The molecular formula is C20H26ClN3O2S. The smallest absolute Gasteiger partial charge is 0.262 e. The van der Waals surface area contributed by atoms with E-state index in [2.05, 4.69) is 18.8 Å². The fourth-order valence-corrected chi connectivity index (χ4v) is 4.32. The second kappa shape index (κ2) is 9.11. The van der Waals surface area contributed by atoms with Crippen molar-refractivity contribution in [1.29, 1.82) is 0 Å². The third-order valence-electron chi connectivity index (χ3n) is 4.85. The highest BCUT2D eigenvalue weighted by molar-refractivity contribution is 7.99. The number of benzene rings is 1. The summed E-state index contributed by atoms with van der Waals surface area (Å²) in [4.78, 5) is 32.1. The van der Waals surface area contributed by atoms with E-state index < -0.39 is 0 Å². The molecule has 7 heteroatoms. The first-order valence-corrected chi connectivity index (χ1v) is 10.9. The van der Waals surface area contributed by atoms with Crippen molar-refractivity contribution in [3.05, 3.63) is 33.6 Å². The summed E-state index contributed by atoms with van der Waals surface area (Å²) in [6.45, 7) is 6.53. The van der Waals surface area contributed by atoms with Crippen LogP contribution in [-0.2, 0) is 11.3 Å². The summed E-state index contributed by atoms with van der Waals surface area (Å²) in [5.74, 6) is 0.904. The topological polar surface area (TPSA) is 55.2 Å². The molecule has 1 aliphatic rings. The highest BCUT2D eigenvalue weighted by atomic mass is 35.5. The average Bonchev–Trinajstić information content (AvgIpc) is 2.65. The van der Waals surface area contributed by atoms with Crippen LogP contribution in [0.3, 0.4) is 0 Å². The van der Waals surface area contributed by atoms with Crippen LogP contribution in [0.4, 0.5) is 0 Å². The van der Waals surface area contributed by atoms with Gasteiger partial charge in [0.15, 0.2) is 5.16 Å². The van der Waals surface area contributed by atoms with E-state index in [0.717, 1.165) is 32.4 Å². The fourth-order valence-electron chi connectivity index (χ4n) is 3.23. The van der Waals surface area contributed by atoms with E-state index in [-0.39, 0.29) is 11.5 Å². The molecule has 1 aliphatic heterocycles. The van der Waals surface area contributed by atoms with Crippen LogP contribution in [0.25, 0.3) is 10.9 Å². The highest BCUT2D eigenvalue weighted by Gasteiger charge is 2.19. The molecule has 0 N–H and O–H groups in total. The van der Waals surface area contributed by atoms with Gasteiger partial charge in [-0.15, -0.1) is 0 Å².